The molecule has 2 aliphatic heterocycles. The largest absolute Gasteiger partial charge is 0.339 e. The molecule has 0 atom stereocenters. The average molecular weight is 547 g/mol. The minimum absolute atomic E-state index is 0.0512. The van der Waals surface area contributed by atoms with E-state index in [9.17, 15) is 18.0 Å². The first-order chi connectivity index (χ1) is 17.8. The molecular formula is C27H38N4O4S2. The van der Waals surface area contributed by atoms with Crippen LogP contribution in [0.3, 0.4) is 0 Å². The van der Waals surface area contributed by atoms with Crippen LogP contribution in [0.15, 0.2) is 29.2 Å². The average Bonchev–Trinajstić information content (AvgIpc) is 3.27. The standard InChI is InChI=1S/C27H38N4O4S2/c1-4-15-29-18-14-22-23(19-29)36-26(24(22)27(33)30(5-2)6-3)28-25(32)20-10-12-21(13-11-20)37(34,35)31-16-8-7-9-17-31/h10-13H,4-9,14-19H2,1-3H3,(H,28,32). The Labute approximate surface area is 224 Å². The van der Waals surface area contributed by atoms with E-state index in [1.165, 1.54) is 27.8 Å². The molecule has 8 nitrogen and oxygen atoms in total. The second kappa shape index (κ2) is 12.1. The summed E-state index contributed by atoms with van der Waals surface area (Å²) in [5.74, 6) is -0.399. The number of piperidine rings is 1. The number of nitrogens with one attached hydrogen (secondary N) is 1. The maximum absolute atomic E-state index is 13.5. The summed E-state index contributed by atoms with van der Waals surface area (Å²) in [6.45, 7) is 11.0. The lowest BCUT2D eigenvalue weighted by atomic mass is 10.0. The monoisotopic (exact) mass is 546 g/mol. The molecule has 1 aromatic carbocycles. The van der Waals surface area contributed by atoms with E-state index >= 15 is 0 Å². The first-order valence-corrected chi connectivity index (χ1v) is 15.6. The molecule has 2 aromatic rings. The highest BCUT2D eigenvalue weighted by Crippen LogP contribution is 2.38. The van der Waals surface area contributed by atoms with E-state index in [4.69, 9.17) is 0 Å². The SMILES string of the molecule is CCCN1CCc2c(sc(NC(=O)c3ccc(S(=O)(=O)N4CCCCC4)cc3)c2C(=O)N(CC)CC)C1. The Bertz CT molecular complexity index is 1210. The predicted molar refractivity (Wildman–Crippen MR) is 148 cm³/mol. The highest BCUT2D eigenvalue weighted by Gasteiger charge is 2.31. The van der Waals surface area contributed by atoms with E-state index in [0.29, 0.717) is 42.3 Å². The number of carbonyl (C=O) groups is 2. The Morgan fingerprint density at radius 1 is 1.00 bits per heavy atom. The minimum atomic E-state index is -3.56. The van der Waals surface area contributed by atoms with Crippen LogP contribution < -0.4 is 5.32 Å². The summed E-state index contributed by atoms with van der Waals surface area (Å²) in [6.07, 6.45) is 4.64. The third kappa shape index (κ3) is 5.92. The molecule has 4 rings (SSSR count). The van der Waals surface area contributed by atoms with Crippen LogP contribution in [0.1, 0.15) is 77.6 Å². The summed E-state index contributed by atoms with van der Waals surface area (Å²) in [6, 6.07) is 6.11. The fraction of sp³-hybridized carbons (Fsp3) is 0.556. The number of anilines is 1. The van der Waals surface area contributed by atoms with Crippen LogP contribution in [-0.2, 0) is 23.0 Å². The zero-order valence-electron chi connectivity index (χ0n) is 22.1. The minimum Gasteiger partial charge on any atom is -0.339 e. The molecule has 1 fully saturated rings. The zero-order chi connectivity index (χ0) is 26.6. The van der Waals surface area contributed by atoms with Gasteiger partial charge in [-0.05, 0) is 75.9 Å². The van der Waals surface area contributed by atoms with E-state index in [2.05, 4.69) is 17.1 Å². The summed E-state index contributed by atoms with van der Waals surface area (Å²) >= 11 is 1.48. The second-order valence-electron chi connectivity index (χ2n) is 9.65. The van der Waals surface area contributed by atoms with E-state index in [-0.39, 0.29) is 16.7 Å². The van der Waals surface area contributed by atoms with Gasteiger partial charge in [-0.15, -0.1) is 11.3 Å². The van der Waals surface area contributed by atoms with Gasteiger partial charge in [-0.2, -0.15) is 4.31 Å². The number of carbonyl (C=O) groups excluding carboxylic acids is 2. The Morgan fingerprint density at radius 2 is 1.68 bits per heavy atom. The first-order valence-electron chi connectivity index (χ1n) is 13.4. The molecule has 0 spiro atoms. The molecule has 1 aromatic heterocycles. The van der Waals surface area contributed by atoms with Gasteiger partial charge in [-0.3, -0.25) is 14.5 Å². The van der Waals surface area contributed by atoms with Gasteiger partial charge >= 0.3 is 0 Å². The summed E-state index contributed by atoms with van der Waals surface area (Å²) in [5, 5.41) is 3.57. The topological polar surface area (TPSA) is 90.0 Å². The van der Waals surface area contributed by atoms with Crippen molar-refractivity contribution in [2.24, 2.45) is 0 Å². The molecule has 0 unspecified atom stereocenters. The van der Waals surface area contributed by atoms with Gasteiger partial charge in [0.05, 0.1) is 10.5 Å². The van der Waals surface area contributed by atoms with Crippen LogP contribution in [0.5, 0.6) is 0 Å². The van der Waals surface area contributed by atoms with Crippen molar-refractivity contribution in [3.63, 3.8) is 0 Å². The predicted octanol–water partition coefficient (Wildman–Crippen LogP) is 4.43. The fourth-order valence-electron chi connectivity index (χ4n) is 5.15. The molecule has 0 radical (unpaired) electrons. The molecule has 2 aliphatic rings. The summed E-state index contributed by atoms with van der Waals surface area (Å²) < 4.78 is 27.5. The highest BCUT2D eigenvalue weighted by atomic mass is 32.2. The lowest BCUT2D eigenvalue weighted by Gasteiger charge is -2.27. The molecule has 10 heteroatoms. The van der Waals surface area contributed by atoms with Crippen LogP contribution in [0, 0.1) is 0 Å². The summed E-state index contributed by atoms with van der Waals surface area (Å²) in [7, 11) is -3.56. The fourth-order valence-corrected chi connectivity index (χ4v) is 7.95. The zero-order valence-corrected chi connectivity index (χ0v) is 23.7. The number of benzene rings is 1. The van der Waals surface area contributed by atoms with Crippen molar-refractivity contribution in [1.29, 1.82) is 0 Å². The van der Waals surface area contributed by atoms with Crippen LogP contribution in [0.25, 0.3) is 0 Å². The van der Waals surface area contributed by atoms with Crippen molar-refractivity contribution in [2.45, 2.75) is 64.3 Å². The number of hydrogen-bond donors (Lipinski definition) is 1. The van der Waals surface area contributed by atoms with Crippen molar-refractivity contribution in [3.05, 3.63) is 45.8 Å². The molecule has 0 saturated carbocycles. The van der Waals surface area contributed by atoms with Gasteiger partial charge in [0, 0.05) is 49.7 Å². The lowest BCUT2D eigenvalue weighted by molar-refractivity contribution is 0.0772. The number of fused-ring (bicyclic) bond motifs is 1. The molecule has 0 bridgehead atoms. The lowest BCUT2D eigenvalue weighted by Crippen LogP contribution is -2.35. The number of hydrogen-bond acceptors (Lipinski definition) is 6. The third-order valence-electron chi connectivity index (χ3n) is 7.24. The number of thiophene rings is 1. The Balaban J connectivity index is 1.58. The van der Waals surface area contributed by atoms with Crippen molar-refractivity contribution < 1.29 is 18.0 Å². The molecule has 37 heavy (non-hydrogen) atoms. The first kappa shape index (κ1) is 27.8. The van der Waals surface area contributed by atoms with Crippen molar-refractivity contribution >= 4 is 38.2 Å². The van der Waals surface area contributed by atoms with Gasteiger partial charge in [0.15, 0.2) is 0 Å². The number of amides is 2. The van der Waals surface area contributed by atoms with Gasteiger partial charge in [0.2, 0.25) is 10.0 Å². The smallest absolute Gasteiger partial charge is 0.257 e. The molecule has 0 aliphatic carbocycles. The van der Waals surface area contributed by atoms with Gasteiger partial charge < -0.3 is 10.2 Å². The summed E-state index contributed by atoms with van der Waals surface area (Å²) in [5.41, 5.74) is 2.02. The Morgan fingerprint density at radius 3 is 2.30 bits per heavy atom. The Kier molecular flexibility index (Phi) is 9.05. The van der Waals surface area contributed by atoms with Crippen LogP contribution in [0.2, 0.25) is 0 Å². The Hall–Kier alpha value is -2.27. The van der Waals surface area contributed by atoms with E-state index in [1.54, 1.807) is 17.0 Å². The van der Waals surface area contributed by atoms with Gasteiger partial charge in [0.1, 0.15) is 5.00 Å². The maximum Gasteiger partial charge on any atom is 0.257 e. The quantitative estimate of drug-likeness (QED) is 0.503. The highest BCUT2D eigenvalue weighted by molar-refractivity contribution is 7.89. The number of sulfonamides is 1. The van der Waals surface area contributed by atoms with Crippen LogP contribution in [0.4, 0.5) is 5.00 Å². The van der Waals surface area contributed by atoms with E-state index < -0.39 is 10.0 Å². The normalized spacial score (nSPS) is 16.8. The molecule has 1 saturated heterocycles. The molecule has 1 N–H and O–H groups in total. The van der Waals surface area contributed by atoms with Crippen molar-refractivity contribution in [1.82, 2.24) is 14.1 Å². The van der Waals surface area contributed by atoms with E-state index in [0.717, 1.165) is 62.2 Å². The maximum atomic E-state index is 13.5. The van der Waals surface area contributed by atoms with E-state index in [1.807, 2.05) is 13.8 Å². The summed E-state index contributed by atoms with van der Waals surface area (Å²) in [4.78, 5) is 32.2. The molecule has 2 amide bonds. The molecule has 3 heterocycles. The van der Waals surface area contributed by atoms with Crippen molar-refractivity contribution in [3.8, 4) is 0 Å². The van der Waals surface area contributed by atoms with Gasteiger partial charge in [-0.1, -0.05) is 13.3 Å². The van der Waals surface area contributed by atoms with Crippen molar-refractivity contribution in [2.75, 3.05) is 44.6 Å². The van der Waals surface area contributed by atoms with Crippen LogP contribution >= 0.6 is 11.3 Å². The third-order valence-corrected chi connectivity index (χ3v) is 10.3. The number of nitrogens with zero attached hydrogens (tertiary/aromatic N) is 3. The molecule has 202 valence electrons. The number of rotatable bonds is 9. The second-order valence-corrected chi connectivity index (χ2v) is 12.7. The van der Waals surface area contributed by atoms with Gasteiger partial charge in [0.25, 0.3) is 11.8 Å². The van der Waals surface area contributed by atoms with Gasteiger partial charge in [-0.25, -0.2) is 8.42 Å². The van der Waals surface area contributed by atoms with Crippen LogP contribution in [-0.4, -0.2) is 73.6 Å². The molecular weight excluding hydrogens is 508 g/mol.